The third-order valence-corrected chi connectivity index (χ3v) is 17.6. The van der Waals surface area contributed by atoms with Crippen molar-refractivity contribution in [1.82, 2.24) is 5.32 Å². The van der Waals surface area contributed by atoms with E-state index in [9.17, 15) is 19.8 Å². The van der Waals surface area contributed by atoms with E-state index in [1.54, 1.807) is 6.08 Å². The molecule has 3 N–H and O–H groups in total. The highest BCUT2D eigenvalue weighted by molar-refractivity contribution is 5.76. The number of carbonyl (C=O) groups is 2. The lowest BCUT2D eigenvalue weighted by Crippen LogP contribution is -2.45. The van der Waals surface area contributed by atoms with Crippen LogP contribution in [-0.2, 0) is 14.3 Å². The van der Waals surface area contributed by atoms with Gasteiger partial charge in [-0.3, -0.25) is 9.59 Å². The van der Waals surface area contributed by atoms with Gasteiger partial charge in [0, 0.05) is 12.8 Å². The van der Waals surface area contributed by atoms with Gasteiger partial charge in [-0.1, -0.05) is 365 Å². The summed E-state index contributed by atoms with van der Waals surface area (Å²) in [6, 6.07) is -0.628. The van der Waals surface area contributed by atoms with E-state index in [0.717, 1.165) is 44.9 Å². The number of hydrogen-bond acceptors (Lipinski definition) is 5. The van der Waals surface area contributed by atoms with Crippen molar-refractivity contribution < 1.29 is 24.5 Å². The molecule has 0 saturated heterocycles. The number of aliphatic hydroxyl groups is 2. The average molecular weight is 1170 g/mol. The Bertz CT molecular complexity index is 1340. The molecule has 0 bridgehead atoms. The third kappa shape index (κ3) is 69.1. The molecule has 1 amide bonds. The fourth-order valence-electron chi connectivity index (χ4n) is 11.8. The Labute approximate surface area is 519 Å². The minimum Gasteiger partial charge on any atom is -0.466 e. The van der Waals surface area contributed by atoms with Crippen LogP contribution >= 0.6 is 0 Å². The van der Waals surface area contributed by atoms with Gasteiger partial charge in [0.15, 0.2) is 0 Å². The molecule has 0 aromatic heterocycles. The number of ether oxygens (including phenoxy) is 1. The van der Waals surface area contributed by atoms with Crippen molar-refractivity contribution in [2.75, 3.05) is 13.2 Å². The van der Waals surface area contributed by atoms with Crippen molar-refractivity contribution in [1.29, 1.82) is 0 Å². The Morgan fingerprint density at radius 2 is 0.578 bits per heavy atom. The zero-order valence-corrected chi connectivity index (χ0v) is 56.2. The molecule has 0 aliphatic heterocycles. The summed E-state index contributed by atoms with van der Waals surface area (Å²) in [6.07, 6.45) is 94.0. The lowest BCUT2D eigenvalue weighted by atomic mass is 10.0. The molecular weight excluding hydrogens is 1020 g/mol. The predicted molar refractivity (Wildman–Crippen MR) is 366 cm³/mol. The molecule has 0 aromatic rings. The molecule has 0 fully saturated rings. The third-order valence-electron chi connectivity index (χ3n) is 17.6. The summed E-state index contributed by atoms with van der Waals surface area (Å²) in [5.41, 5.74) is 0. The summed E-state index contributed by atoms with van der Waals surface area (Å²) >= 11 is 0. The topological polar surface area (TPSA) is 95.9 Å². The summed E-state index contributed by atoms with van der Waals surface area (Å²) < 4.78 is 5.47. The van der Waals surface area contributed by atoms with Gasteiger partial charge in [-0.25, -0.2) is 0 Å². The van der Waals surface area contributed by atoms with Crippen LogP contribution in [0, 0.1) is 0 Å². The SMILES string of the molecule is CCCC/C=C\CCCCCCCC(=O)OCCCCCCCCCCCCCC/C=C\CCCCCCCCCCCCCCCCCC(=O)NC(CO)C(O)/C=C/CCCCCCCCCCCCCCCCCCCCCCCC. The number of rotatable bonds is 71. The quantitative estimate of drug-likeness (QED) is 0.0320. The van der Waals surface area contributed by atoms with Crippen LogP contribution in [0.5, 0.6) is 0 Å². The molecule has 0 rings (SSSR count). The van der Waals surface area contributed by atoms with E-state index in [1.807, 2.05) is 6.08 Å². The highest BCUT2D eigenvalue weighted by atomic mass is 16.5. The summed E-state index contributed by atoms with van der Waals surface area (Å²) in [5.74, 6) is -0.0546. The summed E-state index contributed by atoms with van der Waals surface area (Å²) in [4.78, 5) is 24.6. The van der Waals surface area contributed by atoms with Crippen molar-refractivity contribution in [2.24, 2.45) is 0 Å². The van der Waals surface area contributed by atoms with Gasteiger partial charge < -0.3 is 20.3 Å². The number of hydrogen-bond donors (Lipinski definition) is 3. The van der Waals surface area contributed by atoms with Crippen molar-refractivity contribution in [3.8, 4) is 0 Å². The van der Waals surface area contributed by atoms with Gasteiger partial charge >= 0.3 is 5.97 Å². The molecule has 490 valence electrons. The van der Waals surface area contributed by atoms with E-state index in [2.05, 4.69) is 43.5 Å². The second-order valence-electron chi connectivity index (χ2n) is 26.0. The van der Waals surface area contributed by atoms with Crippen molar-refractivity contribution in [2.45, 2.75) is 431 Å². The zero-order chi connectivity index (χ0) is 59.9. The summed E-state index contributed by atoms with van der Waals surface area (Å²) in [5, 5.41) is 23.3. The van der Waals surface area contributed by atoms with Crippen LogP contribution in [0.4, 0.5) is 0 Å². The molecule has 0 aliphatic rings. The van der Waals surface area contributed by atoms with Gasteiger partial charge in [-0.15, -0.1) is 0 Å². The second kappa shape index (κ2) is 72.6. The van der Waals surface area contributed by atoms with Gasteiger partial charge in [0.2, 0.25) is 5.91 Å². The monoisotopic (exact) mass is 1170 g/mol. The first kappa shape index (κ1) is 81.1. The Hall–Kier alpha value is -1.92. The second-order valence-corrected chi connectivity index (χ2v) is 26.0. The molecule has 0 spiro atoms. The maximum atomic E-state index is 12.5. The number of esters is 1. The van der Waals surface area contributed by atoms with Crippen LogP contribution in [0.15, 0.2) is 36.5 Å². The summed E-state index contributed by atoms with van der Waals surface area (Å²) in [7, 11) is 0. The van der Waals surface area contributed by atoms with Gasteiger partial charge in [0.25, 0.3) is 0 Å². The maximum absolute atomic E-state index is 12.5. The molecule has 0 radical (unpaired) electrons. The first-order chi connectivity index (χ1) is 41.0. The van der Waals surface area contributed by atoms with Crippen molar-refractivity contribution in [3.05, 3.63) is 36.5 Å². The Morgan fingerprint density at radius 1 is 0.325 bits per heavy atom. The standard InChI is InChI=1S/C77H147NO5/c1-3-5-7-9-11-13-15-16-17-18-19-20-21-31-34-37-40-43-46-50-53-57-61-65-69-75(80)74(73-79)78-76(81)70-66-62-58-54-51-47-44-41-38-35-32-29-27-25-23-22-24-26-28-30-33-36-39-42-45-48-52-56-60-64-68-72-83-77(82)71-67-63-59-55-49-14-12-10-8-6-4-2/h10,12,24,26,65,69,74-75,79-80H,3-9,11,13-23,25,27-64,66-68,70-73H2,1-2H3,(H,78,81)/b12-10-,26-24-,69-65+. The molecule has 6 heteroatoms. The van der Waals surface area contributed by atoms with Crippen molar-refractivity contribution in [3.63, 3.8) is 0 Å². The minimum atomic E-state index is -0.845. The molecule has 2 unspecified atom stereocenters. The van der Waals surface area contributed by atoms with Crippen LogP contribution in [-0.4, -0.2) is 47.4 Å². The molecule has 6 nitrogen and oxygen atoms in total. The van der Waals surface area contributed by atoms with E-state index in [1.165, 1.54) is 347 Å². The molecule has 0 aromatic carbocycles. The first-order valence-electron chi connectivity index (χ1n) is 37.8. The van der Waals surface area contributed by atoms with Crippen LogP contribution in [0.2, 0.25) is 0 Å². The number of unbranched alkanes of at least 4 members (excludes halogenated alkanes) is 56. The molecule has 83 heavy (non-hydrogen) atoms. The number of carbonyl (C=O) groups excluding carboxylic acids is 2. The van der Waals surface area contributed by atoms with Crippen LogP contribution in [0.25, 0.3) is 0 Å². The molecule has 2 atom stereocenters. The van der Waals surface area contributed by atoms with E-state index in [4.69, 9.17) is 4.74 Å². The molecular formula is C77H147NO5. The van der Waals surface area contributed by atoms with E-state index in [-0.39, 0.29) is 18.5 Å². The van der Waals surface area contributed by atoms with E-state index < -0.39 is 12.1 Å². The number of amides is 1. The molecule has 0 heterocycles. The van der Waals surface area contributed by atoms with Gasteiger partial charge in [-0.2, -0.15) is 0 Å². The Balaban J connectivity index is 3.40. The Kier molecular flexibility index (Phi) is 70.9. The smallest absolute Gasteiger partial charge is 0.305 e. The fraction of sp³-hybridized carbons (Fsp3) is 0.896. The Morgan fingerprint density at radius 3 is 0.892 bits per heavy atom. The van der Waals surface area contributed by atoms with Crippen molar-refractivity contribution >= 4 is 11.9 Å². The number of nitrogens with one attached hydrogen (secondary N) is 1. The summed E-state index contributed by atoms with van der Waals surface area (Å²) in [6.45, 7) is 4.91. The largest absolute Gasteiger partial charge is 0.466 e. The van der Waals surface area contributed by atoms with Crippen LogP contribution in [0.3, 0.4) is 0 Å². The lowest BCUT2D eigenvalue weighted by molar-refractivity contribution is -0.143. The normalized spacial score (nSPS) is 12.7. The van der Waals surface area contributed by atoms with Gasteiger partial charge in [0.1, 0.15) is 0 Å². The molecule has 0 aliphatic carbocycles. The van der Waals surface area contributed by atoms with Crippen LogP contribution < -0.4 is 5.32 Å². The average Bonchev–Trinajstić information content (AvgIpc) is 3.49. The van der Waals surface area contributed by atoms with E-state index >= 15 is 0 Å². The lowest BCUT2D eigenvalue weighted by Gasteiger charge is -2.20. The first-order valence-corrected chi connectivity index (χ1v) is 37.8. The predicted octanol–water partition coefficient (Wildman–Crippen LogP) is 24.7. The number of allylic oxidation sites excluding steroid dienone is 5. The van der Waals surface area contributed by atoms with Gasteiger partial charge in [-0.05, 0) is 77.0 Å². The molecule has 0 saturated carbocycles. The fourth-order valence-corrected chi connectivity index (χ4v) is 11.8. The maximum Gasteiger partial charge on any atom is 0.305 e. The van der Waals surface area contributed by atoms with Crippen LogP contribution in [0.1, 0.15) is 418 Å². The van der Waals surface area contributed by atoms with Gasteiger partial charge in [0.05, 0.1) is 25.4 Å². The highest BCUT2D eigenvalue weighted by Crippen LogP contribution is 2.19. The number of aliphatic hydroxyl groups excluding tert-OH is 2. The zero-order valence-electron chi connectivity index (χ0n) is 56.2. The highest BCUT2D eigenvalue weighted by Gasteiger charge is 2.18. The minimum absolute atomic E-state index is 0.00671. The van der Waals surface area contributed by atoms with E-state index in [0.29, 0.717) is 19.4 Å².